The van der Waals surface area contributed by atoms with Crippen molar-refractivity contribution in [1.82, 2.24) is 19.9 Å². The zero-order chi connectivity index (χ0) is 27.2. The van der Waals surface area contributed by atoms with E-state index in [9.17, 15) is 36.6 Å². The highest BCUT2D eigenvalue weighted by Gasteiger charge is 2.41. The van der Waals surface area contributed by atoms with Crippen LogP contribution in [-0.2, 0) is 15.6 Å². The van der Waals surface area contributed by atoms with Crippen LogP contribution in [0.4, 0.5) is 13.2 Å². The first kappa shape index (κ1) is 28.3. The van der Waals surface area contributed by atoms with Crippen molar-refractivity contribution in [2.75, 3.05) is 0 Å². The zero-order valence-corrected chi connectivity index (χ0v) is 21.7. The molecule has 3 aromatic rings. The number of aromatic carboxylic acids is 1. The zero-order valence-electron chi connectivity index (χ0n) is 18.5. The van der Waals surface area contributed by atoms with Crippen LogP contribution in [-0.4, -0.2) is 52.0 Å². The number of sulfonamides is 1. The molecule has 1 aromatic carbocycles. The summed E-state index contributed by atoms with van der Waals surface area (Å²) in [6.45, 7) is 3.94. The molecule has 3 rings (SSSR count). The summed E-state index contributed by atoms with van der Waals surface area (Å²) in [5.74, 6) is -1.83. The molecule has 0 aliphatic heterocycles. The van der Waals surface area contributed by atoms with Crippen LogP contribution < -0.4 is 4.72 Å². The van der Waals surface area contributed by atoms with Crippen molar-refractivity contribution < 1.29 is 41.0 Å². The Labute approximate surface area is 216 Å². The number of rotatable bonds is 8. The Hall–Kier alpha value is -2.30. The molecule has 17 heteroatoms. The van der Waals surface area contributed by atoms with Crippen LogP contribution in [0.15, 0.2) is 21.4 Å². The molecule has 0 amide bonds. The molecule has 0 aliphatic carbocycles. The van der Waals surface area contributed by atoms with E-state index in [1.54, 1.807) is 4.72 Å². The Morgan fingerprint density at radius 1 is 1.22 bits per heavy atom. The van der Waals surface area contributed by atoms with Gasteiger partial charge in [-0.2, -0.15) is 17.9 Å². The van der Waals surface area contributed by atoms with Crippen molar-refractivity contribution in [3.63, 3.8) is 0 Å². The van der Waals surface area contributed by atoms with Gasteiger partial charge in [0.15, 0.2) is 10.7 Å². The van der Waals surface area contributed by atoms with E-state index >= 15 is 0 Å². The fraction of sp³-hybridized carbons (Fsp3) is 0.368. The molecule has 2 heterocycles. The van der Waals surface area contributed by atoms with E-state index in [4.69, 9.17) is 27.6 Å². The maximum absolute atomic E-state index is 13.1. The Morgan fingerprint density at radius 2 is 1.86 bits per heavy atom. The van der Waals surface area contributed by atoms with E-state index in [1.807, 2.05) is 0 Å². The normalized spacial score (nSPS) is 13.7. The Kier molecular flexibility index (Phi) is 7.75. The summed E-state index contributed by atoms with van der Waals surface area (Å²) in [6.07, 6.45) is -5.41. The van der Waals surface area contributed by atoms with Crippen LogP contribution in [0, 0.1) is 0 Å². The average Bonchev–Trinajstić information content (AvgIpc) is 3.40. The number of carbonyl (C=O) groups is 1. The number of benzene rings is 1. The van der Waals surface area contributed by atoms with Gasteiger partial charge in [-0.3, -0.25) is 0 Å². The largest absolute Gasteiger partial charge is 0.476 e. The number of aliphatic hydroxyl groups is 1. The van der Waals surface area contributed by atoms with Crippen LogP contribution in [0.3, 0.4) is 0 Å². The second kappa shape index (κ2) is 9.87. The molecule has 0 saturated heterocycles. The fourth-order valence-corrected chi connectivity index (χ4v) is 6.08. The van der Waals surface area contributed by atoms with Crippen molar-refractivity contribution in [3.05, 3.63) is 33.8 Å². The lowest BCUT2D eigenvalue weighted by molar-refractivity contribution is -0.151. The van der Waals surface area contributed by atoms with Gasteiger partial charge >= 0.3 is 12.1 Å². The lowest BCUT2D eigenvalue weighted by Crippen LogP contribution is -2.44. The SMILES string of the molecule is CCC(NS(=O)(=O)c1ccc(-c2sc(-c3nnc(C(C)(C)O)o3)nc2C(=O)O)c(Cl)c1Cl)C(F)(F)F. The van der Waals surface area contributed by atoms with Crippen molar-refractivity contribution in [3.8, 4) is 21.3 Å². The molecule has 3 N–H and O–H groups in total. The highest BCUT2D eigenvalue weighted by molar-refractivity contribution is 7.89. The first-order valence-corrected chi connectivity index (χ1v) is 12.9. The van der Waals surface area contributed by atoms with E-state index in [-0.39, 0.29) is 27.2 Å². The van der Waals surface area contributed by atoms with Crippen LogP contribution in [0.2, 0.25) is 10.0 Å². The van der Waals surface area contributed by atoms with Crippen molar-refractivity contribution in [2.45, 2.75) is 49.9 Å². The summed E-state index contributed by atoms with van der Waals surface area (Å²) in [4.78, 5) is 15.0. The number of nitrogens with zero attached hydrogens (tertiary/aromatic N) is 3. The number of carboxylic acids is 1. The number of carboxylic acid groups (broad SMARTS) is 1. The minimum Gasteiger partial charge on any atom is -0.476 e. The minimum absolute atomic E-state index is 0.0491. The predicted molar refractivity (Wildman–Crippen MR) is 124 cm³/mol. The number of hydrogen-bond acceptors (Lipinski definition) is 9. The third-order valence-corrected chi connectivity index (χ3v) is 8.23. The predicted octanol–water partition coefficient (Wildman–Crippen LogP) is 4.71. The summed E-state index contributed by atoms with van der Waals surface area (Å²) in [5, 5.41) is 25.9. The summed E-state index contributed by atoms with van der Waals surface area (Å²) in [5.41, 5.74) is -2.03. The molecule has 0 spiro atoms. The minimum atomic E-state index is -4.84. The number of aromatic nitrogens is 3. The topological polar surface area (TPSA) is 156 Å². The first-order chi connectivity index (χ1) is 16.5. The third-order valence-electron chi connectivity index (χ3n) is 4.64. The van der Waals surface area contributed by atoms with Crippen LogP contribution >= 0.6 is 34.5 Å². The molecule has 196 valence electrons. The smallest absolute Gasteiger partial charge is 0.404 e. The lowest BCUT2D eigenvalue weighted by Gasteiger charge is -2.20. The molecule has 0 saturated carbocycles. The van der Waals surface area contributed by atoms with E-state index in [1.165, 1.54) is 13.8 Å². The van der Waals surface area contributed by atoms with Crippen LogP contribution in [0.1, 0.15) is 43.6 Å². The molecule has 0 aliphatic rings. The first-order valence-electron chi connectivity index (χ1n) is 9.85. The van der Waals surface area contributed by atoms with Crippen molar-refractivity contribution >= 4 is 50.5 Å². The Morgan fingerprint density at radius 3 is 2.36 bits per heavy atom. The van der Waals surface area contributed by atoms with Gasteiger partial charge in [0.25, 0.3) is 5.89 Å². The van der Waals surface area contributed by atoms with Gasteiger partial charge in [-0.1, -0.05) is 36.2 Å². The molecule has 0 radical (unpaired) electrons. The third kappa shape index (κ3) is 5.65. The average molecular weight is 589 g/mol. The Bertz CT molecular complexity index is 1420. The van der Waals surface area contributed by atoms with E-state index in [0.717, 1.165) is 30.4 Å². The number of thiazole rings is 1. The standard InChI is InChI=1S/C19H17Cl2F3N4O6S2/c1-4-9(19(22,23)24)28-36(32,33)8-6-5-7(10(20)11(8)21)13-12(16(29)30)25-15(35-13)14-26-27-17(34-14)18(2,3)31/h5-6,9,28,31H,4H2,1-3H3,(H,29,30). The summed E-state index contributed by atoms with van der Waals surface area (Å²) in [6, 6.07) is -0.362. The number of halogens is 5. The molecule has 2 aromatic heterocycles. The number of alkyl halides is 3. The monoisotopic (exact) mass is 588 g/mol. The van der Waals surface area contributed by atoms with Gasteiger partial charge < -0.3 is 14.6 Å². The maximum atomic E-state index is 13.1. The quantitative estimate of drug-likeness (QED) is 0.339. The van der Waals surface area contributed by atoms with Gasteiger partial charge in [0, 0.05) is 5.56 Å². The van der Waals surface area contributed by atoms with Crippen molar-refractivity contribution in [1.29, 1.82) is 0 Å². The van der Waals surface area contributed by atoms with Gasteiger partial charge in [0.2, 0.25) is 15.9 Å². The second-order valence-corrected chi connectivity index (χ2v) is 11.3. The molecular weight excluding hydrogens is 572 g/mol. The molecular formula is C19H17Cl2F3N4O6S2. The van der Waals surface area contributed by atoms with Crippen LogP contribution in [0.5, 0.6) is 0 Å². The molecule has 0 fully saturated rings. The van der Waals surface area contributed by atoms with Gasteiger partial charge in [-0.25, -0.2) is 18.2 Å². The second-order valence-electron chi connectivity index (χ2n) is 7.84. The van der Waals surface area contributed by atoms with E-state index in [2.05, 4.69) is 15.2 Å². The van der Waals surface area contributed by atoms with Gasteiger partial charge in [0.1, 0.15) is 16.5 Å². The van der Waals surface area contributed by atoms with Crippen molar-refractivity contribution in [2.24, 2.45) is 0 Å². The molecule has 10 nitrogen and oxygen atoms in total. The molecule has 1 unspecified atom stereocenters. The van der Waals surface area contributed by atoms with Crippen LogP contribution in [0.25, 0.3) is 21.3 Å². The maximum Gasteiger partial charge on any atom is 0.404 e. The summed E-state index contributed by atoms with van der Waals surface area (Å²) >= 11 is 13.1. The molecule has 1 atom stereocenters. The summed E-state index contributed by atoms with van der Waals surface area (Å²) in [7, 11) is -4.75. The number of hydrogen-bond donors (Lipinski definition) is 3. The van der Waals surface area contributed by atoms with Gasteiger partial charge in [-0.05, 0) is 26.3 Å². The lowest BCUT2D eigenvalue weighted by atomic mass is 10.1. The number of nitrogens with one attached hydrogen (secondary N) is 1. The van der Waals surface area contributed by atoms with Gasteiger partial charge in [-0.15, -0.1) is 21.5 Å². The highest BCUT2D eigenvalue weighted by atomic mass is 35.5. The van der Waals surface area contributed by atoms with E-state index in [0.29, 0.717) is 0 Å². The highest BCUT2D eigenvalue weighted by Crippen LogP contribution is 2.43. The van der Waals surface area contributed by atoms with E-state index < -0.39 is 60.9 Å². The van der Waals surface area contributed by atoms with Gasteiger partial charge in [0.05, 0.1) is 14.9 Å². The molecule has 36 heavy (non-hydrogen) atoms. The summed E-state index contributed by atoms with van der Waals surface area (Å²) < 4.78 is 71.4. The molecule has 0 bridgehead atoms. The Balaban J connectivity index is 2.08. The fourth-order valence-electron chi connectivity index (χ4n) is 2.84.